The SMILES string of the molecule is O=C(CNCC1CC1)NC1CCCC(O)C1. The monoisotopic (exact) mass is 226 g/mol. The summed E-state index contributed by atoms with van der Waals surface area (Å²) in [4.78, 5) is 11.6. The van der Waals surface area contributed by atoms with E-state index in [1.165, 1.54) is 12.8 Å². The molecule has 0 saturated heterocycles. The molecule has 0 radical (unpaired) electrons. The van der Waals surface area contributed by atoms with Gasteiger partial charge in [0.05, 0.1) is 12.6 Å². The minimum atomic E-state index is -0.224. The van der Waals surface area contributed by atoms with Crippen LogP contribution in [0.25, 0.3) is 0 Å². The highest BCUT2D eigenvalue weighted by Crippen LogP contribution is 2.27. The molecule has 2 atom stereocenters. The fraction of sp³-hybridized carbons (Fsp3) is 0.917. The van der Waals surface area contributed by atoms with E-state index in [0.717, 1.165) is 31.7 Å². The lowest BCUT2D eigenvalue weighted by Crippen LogP contribution is -2.43. The van der Waals surface area contributed by atoms with Crippen LogP contribution in [0.4, 0.5) is 0 Å². The summed E-state index contributed by atoms with van der Waals surface area (Å²) in [6.07, 6.45) is 6.01. The minimum absolute atomic E-state index is 0.0692. The van der Waals surface area contributed by atoms with Crippen molar-refractivity contribution >= 4 is 5.91 Å². The number of nitrogens with one attached hydrogen (secondary N) is 2. The molecule has 0 bridgehead atoms. The Morgan fingerprint density at radius 3 is 2.75 bits per heavy atom. The Bertz CT molecular complexity index is 241. The van der Waals surface area contributed by atoms with Gasteiger partial charge in [0, 0.05) is 6.04 Å². The van der Waals surface area contributed by atoms with Crippen molar-refractivity contribution in [2.45, 2.75) is 50.7 Å². The van der Waals surface area contributed by atoms with Crippen LogP contribution in [0.5, 0.6) is 0 Å². The summed E-state index contributed by atoms with van der Waals surface area (Å²) in [6.45, 7) is 1.39. The molecule has 0 aliphatic heterocycles. The van der Waals surface area contributed by atoms with Gasteiger partial charge in [0.1, 0.15) is 0 Å². The van der Waals surface area contributed by atoms with Crippen LogP contribution < -0.4 is 10.6 Å². The average molecular weight is 226 g/mol. The molecule has 4 nitrogen and oxygen atoms in total. The lowest BCUT2D eigenvalue weighted by atomic mass is 9.93. The first kappa shape index (κ1) is 11.9. The summed E-state index contributed by atoms with van der Waals surface area (Å²) in [5, 5.41) is 15.6. The Morgan fingerprint density at radius 1 is 1.25 bits per heavy atom. The zero-order chi connectivity index (χ0) is 11.4. The van der Waals surface area contributed by atoms with E-state index in [1.807, 2.05) is 0 Å². The molecule has 4 heteroatoms. The van der Waals surface area contributed by atoms with E-state index in [9.17, 15) is 9.90 Å². The number of rotatable bonds is 5. The van der Waals surface area contributed by atoms with Crippen LogP contribution in [0, 0.1) is 5.92 Å². The minimum Gasteiger partial charge on any atom is -0.393 e. The van der Waals surface area contributed by atoms with Gasteiger partial charge in [-0.1, -0.05) is 0 Å². The Kier molecular flexibility index (Phi) is 4.18. The van der Waals surface area contributed by atoms with Crippen molar-refractivity contribution < 1.29 is 9.90 Å². The molecule has 2 unspecified atom stereocenters. The van der Waals surface area contributed by atoms with Crippen LogP contribution in [0.15, 0.2) is 0 Å². The van der Waals surface area contributed by atoms with Crippen LogP contribution in [0.2, 0.25) is 0 Å². The lowest BCUT2D eigenvalue weighted by Gasteiger charge is -2.26. The molecule has 0 aromatic rings. The molecular weight excluding hydrogens is 204 g/mol. The van der Waals surface area contributed by atoms with Crippen molar-refractivity contribution in [2.75, 3.05) is 13.1 Å². The first-order valence-electron chi connectivity index (χ1n) is 6.42. The topological polar surface area (TPSA) is 61.4 Å². The number of hydrogen-bond acceptors (Lipinski definition) is 3. The molecule has 1 amide bonds. The number of aliphatic hydroxyl groups excluding tert-OH is 1. The summed E-state index contributed by atoms with van der Waals surface area (Å²) < 4.78 is 0. The van der Waals surface area contributed by atoms with E-state index in [2.05, 4.69) is 10.6 Å². The number of hydrogen-bond donors (Lipinski definition) is 3. The quantitative estimate of drug-likeness (QED) is 0.636. The predicted molar refractivity (Wildman–Crippen MR) is 62.0 cm³/mol. The Hall–Kier alpha value is -0.610. The van der Waals surface area contributed by atoms with Crippen molar-refractivity contribution in [1.29, 1.82) is 0 Å². The molecule has 0 spiro atoms. The molecule has 0 heterocycles. The van der Waals surface area contributed by atoms with E-state index < -0.39 is 0 Å². The predicted octanol–water partition coefficient (Wildman–Crippen LogP) is 0.406. The molecule has 2 fully saturated rings. The highest BCUT2D eigenvalue weighted by atomic mass is 16.3. The molecule has 3 N–H and O–H groups in total. The maximum Gasteiger partial charge on any atom is 0.234 e. The first-order chi connectivity index (χ1) is 7.74. The molecule has 2 saturated carbocycles. The maximum atomic E-state index is 11.6. The van der Waals surface area contributed by atoms with Crippen LogP contribution in [-0.4, -0.2) is 36.2 Å². The third-order valence-electron chi connectivity index (χ3n) is 3.43. The zero-order valence-electron chi connectivity index (χ0n) is 9.74. The highest BCUT2D eigenvalue weighted by molar-refractivity contribution is 5.78. The fourth-order valence-corrected chi connectivity index (χ4v) is 2.29. The largest absolute Gasteiger partial charge is 0.393 e. The second-order valence-corrected chi connectivity index (χ2v) is 5.16. The summed E-state index contributed by atoms with van der Waals surface area (Å²) in [5.74, 6) is 0.879. The molecular formula is C12H22N2O2. The Balaban J connectivity index is 1.57. The van der Waals surface area contributed by atoms with E-state index in [0.29, 0.717) is 13.0 Å². The number of carbonyl (C=O) groups is 1. The van der Waals surface area contributed by atoms with E-state index in [1.54, 1.807) is 0 Å². The van der Waals surface area contributed by atoms with Gasteiger partial charge in [-0.05, 0) is 51.0 Å². The normalized spacial score (nSPS) is 30.1. The van der Waals surface area contributed by atoms with Gasteiger partial charge in [-0.15, -0.1) is 0 Å². The number of aliphatic hydroxyl groups is 1. The van der Waals surface area contributed by atoms with Crippen molar-refractivity contribution in [3.05, 3.63) is 0 Å². The average Bonchev–Trinajstić information content (AvgIpc) is 3.01. The first-order valence-corrected chi connectivity index (χ1v) is 6.42. The third kappa shape index (κ3) is 4.10. The van der Waals surface area contributed by atoms with Gasteiger partial charge in [-0.3, -0.25) is 4.79 Å². The zero-order valence-corrected chi connectivity index (χ0v) is 9.74. The maximum absolute atomic E-state index is 11.6. The van der Waals surface area contributed by atoms with Crippen LogP contribution in [0.1, 0.15) is 38.5 Å². The van der Waals surface area contributed by atoms with Crippen molar-refractivity contribution in [3.8, 4) is 0 Å². The van der Waals surface area contributed by atoms with Gasteiger partial charge < -0.3 is 15.7 Å². The Labute approximate surface area is 96.8 Å². The molecule has 2 aliphatic rings. The fourth-order valence-electron chi connectivity index (χ4n) is 2.29. The van der Waals surface area contributed by atoms with Gasteiger partial charge >= 0.3 is 0 Å². The van der Waals surface area contributed by atoms with Gasteiger partial charge in [-0.25, -0.2) is 0 Å². The smallest absolute Gasteiger partial charge is 0.234 e. The highest BCUT2D eigenvalue weighted by Gasteiger charge is 2.22. The molecule has 16 heavy (non-hydrogen) atoms. The third-order valence-corrected chi connectivity index (χ3v) is 3.43. The summed E-state index contributed by atoms with van der Waals surface area (Å²) >= 11 is 0. The molecule has 2 rings (SSSR count). The second kappa shape index (κ2) is 5.64. The van der Waals surface area contributed by atoms with Crippen molar-refractivity contribution in [1.82, 2.24) is 10.6 Å². The van der Waals surface area contributed by atoms with E-state index >= 15 is 0 Å². The number of amides is 1. The van der Waals surface area contributed by atoms with E-state index in [-0.39, 0.29) is 18.1 Å². The molecule has 2 aliphatic carbocycles. The summed E-state index contributed by atoms with van der Waals surface area (Å²) in [7, 11) is 0. The summed E-state index contributed by atoms with van der Waals surface area (Å²) in [5.41, 5.74) is 0. The standard InChI is InChI=1S/C12H22N2O2/c15-11-3-1-2-10(6-11)14-12(16)8-13-7-9-4-5-9/h9-11,13,15H,1-8H2,(H,14,16). The van der Waals surface area contributed by atoms with E-state index in [4.69, 9.17) is 0 Å². The number of carbonyl (C=O) groups excluding carboxylic acids is 1. The van der Waals surface area contributed by atoms with Crippen LogP contribution >= 0.6 is 0 Å². The van der Waals surface area contributed by atoms with Gasteiger partial charge in [0.15, 0.2) is 0 Å². The van der Waals surface area contributed by atoms with Gasteiger partial charge in [0.25, 0.3) is 0 Å². The molecule has 0 aromatic heterocycles. The van der Waals surface area contributed by atoms with Gasteiger partial charge in [0.2, 0.25) is 5.91 Å². The molecule has 92 valence electrons. The second-order valence-electron chi connectivity index (χ2n) is 5.16. The summed E-state index contributed by atoms with van der Waals surface area (Å²) in [6, 6.07) is 0.180. The Morgan fingerprint density at radius 2 is 2.06 bits per heavy atom. The van der Waals surface area contributed by atoms with Crippen LogP contribution in [0.3, 0.4) is 0 Å². The van der Waals surface area contributed by atoms with Crippen molar-refractivity contribution in [3.63, 3.8) is 0 Å². The lowest BCUT2D eigenvalue weighted by molar-refractivity contribution is -0.121. The van der Waals surface area contributed by atoms with Gasteiger partial charge in [-0.2, -0.15) is 0 Å². The van der Waals surface area contributed by atoms with Crippen LogP contribution in [-0.2, 0) is 4.79 Å². The van der Waals surface area contributed by atoms with Crippen molar-refractivity contribution in [2.24, 2.45) is 5.92 Å². The molecule has 0 aromatic carbocycles.